The molecule has 0 saturated heterocycles. The Morgan fingerprint density at radius 2 is 1.75 bits per heavy atom. The number of nitrogens with zero attached hydrogens (tertiary/aromatic N) is 1. The van der Waals surface area contributed by atoms with Gasteiger partial charge in [-0.3, -0.25) is 0 Å². The van der Waals surface area contributed by atoms with E-state index in [0.29, 0.717) is 0 Å². The highest BCUT2D eigenvalue weighted by Gasteiger charge is 2.05. The van der Waals surface area contributed by atoms with E-state index in [1.807, 2.05) is 14.1 Å². The Morgan fingerprint density at radius 1 is 1.17 bits per heavy atom. The van der Waals surface area contributed by atoms with Crippen LogP contribution in [0, 0.1) is 13.8 Å². The summed E-state index contributed by atoms with van der Waals surface area (Å²) in [5, 5.41) is 0. The molecule has 2 heteroatoms. The maximum atomic E-state index is 4.44. The Bertz CT molecular complexity index is 269. The molecule has 12 heavy (non-hydrogen) atoms. The predicted molar refractivity (Wildman–Crippen MR) is 57.5 cm³/mol. The number of benzene rings is 1. The maximum Gasteiger partial charge on any atom is 0.0526 e. The Balaban J connectivity index is 3.28. The Kier molecular flexibility index (Phi) is 2.68. The molecule has 0 fully saturated rings. The minimum atomic E-state index is 1.05. The van der Waals surface area contributed by atoms with E-state index in [1.54, 1.807) is 0 Å². The molecule has 0 aromatic heterocycles. The largest absolute Gasteiger partial charge is 0.377 e. The van der Waals surface area contributed by atoms with Crippen LogP contribution in [0.1, 0.15) is 11.1 Å². The van der Waals surface area contributed by atoms with Crippen molar-refractivity contribution in [3.63, 3.8) is 0 Å². The zero-order chi connectivity index (χ0) is 9.30. The Morgan fingerprint density at radius 3 is 2.17 bits per heavy atom. The molecule has 1 rings (SSSR count). The molecule has 0 aliphatic carbocycles. The second-order valence-corrected chi connectivity index (χ2v) is 3.83. The SMILES string of the molecule is Cc1cc(C)c(N(C)C)c(S)c1. The topological polar surface area (TPSA) is 3.24 Å². The van der Waals surface area contributed by atoms with Crippen molar-refractivity contribution in [2.75, 3.05) is 19.0 Å². The molecule has 0 amide bonds. The molecule has 1 aromatic carbocycles. The number of hydrogen-bond acceptors (Lipinski definition) is 2. The van der Waals surface area contributed by atoms with Crippen molar-refractivity contribution in [1.29, 1.82) is 0 Å². The van der Waals surface area contributed by atoms with Gasteiger partial charge in [0.1, 0.15) is 0 Å². The predicted octanol–water partition coefficient (Wildman–Crippen LogP) is 2.66. The molecule has 0 spiro atoms. The molecule has 0 atom stereocenters. The first-order valence-electron chi connectivity index (χ1n) is 4.00. The molecular weight excluding hydrogens is 166 g/mol. The van der Waals surface area contributed by atoms with Crippen LogP contribution in [0.15, 0.2) is 17.0 Å². The van der Waals surface area contributed by atoms with E-state index in [-0.39, 0.29) is 0 Å². The maximum absolute atomic E-state index is 4.44. The number of rotatable bonds is 1. The van der Waals surface area contributed by atoms with Crippen molar-refractivity contribution >= 4 is 18.3 Å². The lowest BCUT2D eigenvalue weighted by atomic mass is 10.1. The Hall–Kier alpha value is -0.630. The van der Waals surface area contributed by atoms with E-state index in [0.717, 1.165) is 4.90 Å². The first kappa shape index (κ1) is 9.46. The average Bonchev–Trinajstić information content (AvgIpc) is 1.82. The van der Waals surface area contributed by atoms with Crippen LogP contribution < -0.4 is 4.90 Å². The van der Waals surface area contributed by atoms with E-state index < -0.39 is 0 Å². The van der Waals surface area contributed by atoms with Crippen LogP contribution in [0.25, 0.3) is 0 Å². The third kappa shape index (κ3) is 1.75. The molecule has 1 nitrogen and oxygen atoms in total. The van der Waals surface area contributed by atoms with Gasteiger partial charge in [0.05, 0.1) is 5.69 Å². The standard InChI is InChI=1S/C10H15NS/c1-7-5-8(2)10(11(3)4)9(12)6-7/h5-6,12H,1-4H3. The summed E-state index contributed by atoms with van der Waals surface area (Å²) in [7, 11) is 4.08. The highest BCUT2D eigenvalue weighted by molar-refractivity contribution is 7.80. The van der Waals surface area contributed by atoms with Gasteiger partial charge in [0, 0.05) is 19.0 Å². The van der Waals surface area contributed by atoms with Gasteiger partial charge in [-0.25, -0.2) is 0 Å². The van der Waals surface area contributed by atoms with Crippen LogP contribution in [0.2, 0.25) is 0 Å². The van der Waals surface area contributed by atoms with E-state index >= 15 is 0 Å². The fourth-order valence-electron chi connectivity index (χ4n) is 1.52. The minimum Gasteiger partial charge on any atom is -0.377 e. The second kappa shape index (κ2) is 3.40. The fourth-order valence-corrected chi connectivity index (χ4v) is 2.10. The normalized spacial score (nSPS) is 10.1. The highest BCUT2D eigenvalue weighted by atomic mass is 32.1. The number of anilines is 1. The zero-order valence-corrected chi connectivity index (χ0v) is 8.94. The summed E-state index contributed by atoms with van der Waals surface area (Å²) in [6, 6.07) is 4.26. The van der Waals surface area contributed by atoms with E-state index in [2.05, 4.69) is 43.5 Å². The summed E-state index contributed by atoms with van der Waals surface area (Å²) in [5.74, 6) is 0. The lowest BCUT2D eigenvalue weighted by molar-refractivity contribution is 1.08. The molecule has 0 radical (unpaired) electrons. The molecular formula is C10H15NS. The van der Waals surface area contributed by atoms with Crippen molar-refractivity contribution in [2.45, 2.75) is 18.7 Å². The van der Waals surface area contributed by atoms with Gasteiger partial charge in [-0.15, -0.1) is 12.6 Å². The molecule has 0 aliphatic heterocycles. The van der Waals surface area contributed by atoms with Crippen LogP contribution in [-0.4, -0.2) is 14.1 Å². The van der Waals surface area contributed by atoms with E-state index in [9.17, 15) is 0 Å². The summed E-state index contributed by atoms with van der Waals surface area (Å²) < 4.78 is 0. The quantitative estimate of drug-likeness (QED) is 0.652. The van der Waals surface area contributed by atoms with Gasteiger partial charge < -0.3 is 4.90 Å². The molecule has 0 heterocycles. The number of aryl methyl sites for hydroxylation is 2. The van der Waals surface area contributed by atoms with E-state index in [1.165, 1.54) is 16.8 Å². The molecule has 0 bridgehead atoms. The smallest absolute Gasteiger partial charge is 0.0526 e. The van der Waals surface area contributed by atoms with Crippen LogP contribution >= 0.6 is 12.6 Å². The Labute approximate surface area is 79.8 Å². The third-order valence-corrected chi connectivity index (χ3v) is 2.21. The van der Waals surface area contributed by atoms with Crippen LogP contribution in [0.4, 0.5) is 5.69 Å². The number of thiol groups is 1. The van der Waals surface area contributed by atoms with Crippen LogP contribution in [0.5, 0.6) is 0 Å². The molecule has 0 N–H and O–H groups in total. The van der Waals surface area contributed by atoms with Crippen molar-refractivity contribution in [3.05, 3.63) is 23.3 Å². The third-order valence-electron chi connectivity index (χ3n) is 1.87. The summed E-state index contributed by atoms with van der Waals surface area (Å²) in [6.45, 7) is 4.20. The van der Waals surface area contributed by atoms with Gasteiger partial charge in [0.15, 0.2) is 0 Å². The van der Waals surface area contributed by atoms with Gasteiger partial charge >= 0.3 is 0 Å². The number of hydrogen-bond donors (Lipinski definition) is 1. The van der Waals surface area contributed by atoms with Crippen molar-refractivity contribution in [2.24, 2.45) is 0 Å². The summed E-state index contributed by atoms with van der Waals surface area (Å²) in [4.78, 5) is 3.15. The lowest BCUT2D eigenvalue weighted by Gasteiger charge is -2.18. The van der Waals surface area contributed by atoms with Crippen LogP contribution in [-0.2, 0) is 0 Å². The van der Waals surface area contributed by atoms with Gasteiger partial charge in [-0.2, -0.15) is 0 Å². The monoisotopic (exact) mass is 181 g/mol. The van der Waals surface area contributed by atoms with Gasteiger partial charge in [0.25, 0.3) is 0 Å². The molecule has 0 aliphatic rings. The van der Waals surface area contributed by atoms with Crippen molar-refractivity contribution in [1.82, 2.24) is 0 Å². The lowest BCUT2D eigenvalue weighted by Crippen LogP contribution is -2.11. The summed E-state index contributed by atoms with van der Waals surface area (Å²) in [6.07, 6.45) is 0. The molecule has 0 saturated carbocycles. The van der Waals surface area contributed by atoms with Gasteiger partial charge in [0.2, 0.25) is 0 Å². The second-order valence-electron chi connectivity index (χ2n) is 3.34. The average molecular weight is 181 g/mol. The van der Waals surface area contributed by atoms with E-state index in [4.69, 9.17) is 0 Å². The molecule has 0 unspecified atom stereocenters. The first-order chi connectivity index (χ1) is 5.52. The fraction of sp³-hybridized carbons (Fsp3) is 0.400. The molecule has 66 valence electrons. The highest BCUT2D eigenvalue weighted by Crippen LogP contribution is 2.27. The summed E-state index contributed by atoms with van der Waals surface area (Å²) >= 11 is 4.44. The van der Waals surface area contributed by atoms with Crippen molar-refractivity contribution < 1.29 is 0 Å². The molecule has 1 aromatic rings. The minimum absolute atomic E-state index is 1.05. The first-order valence-corrected chi connectivity index (χ1v) is 4.44. The van der Waals surface area contributed by atoms with Crippen molar-refractivity contribution in [3.8, 4) is 0 Å². The van der Waals surface area contributed by atoms with Gasteiger partial charge in [-0.05, 0) is 31.0 Å². The van der Waals surface area contributed by atoms with Gasteiger partial charge in [-0.1, -0.05) is 6.07 Å². The zero-order valence-electron chi connectivity index (χ0n) is 8.05. The van der Waals surface area contributed by atoms with Crippen LogP contribution in [0.3, 0.4) is 0 Å². The summed E-state index contributed by atoms with van der Waals surface area (Å²) in [5.41, 5.74) is 3.76.